The van der Waals surface area contributed by atoms with Crippen LogP contribution in [0.4, 0.5) is 0 Å². The van der Waals surface area contributed by atoms with Gasteiger partial charge < -0.3 is 0 Å². The summed E-state index contributed by atoms with van der Waals surface area (Å²) in [6.07, 6.45) is 8.25. The van der Waals surface area contributed by atoms with E-state index in [1.165, 1.54) is 35.3 Å². The highest BCUT2D eigenvalue weighted by molar-refractivity contribution is 7.18. The van der Waals surface area contributed by atoms with Gasteiger partial charge in [0.05, 0.1) is 29.0 Å². The van der Waals surface area contributed by atoms with E-state index in [-0.39, 0.29) is 5.56 Å². The van der Waals surface area contributed by atoms with Gasteiger partial charge in [0.1, 0.15) is 4.83 Å². The molecule has 5 rings (SSSR count). The Morgan fingerprint density at radius 1 is 1.07 bits per heavy atom. The third-order valence-electron chi connectivity index (χ3n) is 5.32. The SMILES string of the molecule is O=c1c2c3c(sc2ncn1Cc1csc(Cc2ccccc2)n1)CCCCC3. The number of fused-ring (bicyclic) bond motifs is 3. The Morgan fingerprint density at radius 2 is 1.93 bits per heavy atom. The first kappa shape index (κ1) is 17.8. The molecule has 0 unspecified atom stereocenters. The van der Waals surface area contributed by atoms with E-state index in [9.17, 15) is 4.79 Å². The molecule has 0 N–H and O–H groups in total. The summed E-state index contributed by atoms with van der Waals surface area (Å²) in [5.41, 5.74) is 3.53. The third-order valence-corrected chi connectivity index (χ3v) is 7.42. The summed E-state index contributed by atoms with van der Waals surface area (Å²) in [4.78, 5) is 24.8. The molecule has 0 amide bonds. The van der Waals surface area contributed by atoms with E-state index in [4.69, 9.17) is 4.98 Å². The van der Waals surface area contributed by atoms with Crippen LogP contribution in [-0.4, -0.2) is 14.5 Å². The molecule has 0 radical (unpaired) electrons. The molecule has 1 aliphatic rings. The van der Waals surface area contributed by atoms with Crippen LogP contribution in [0.5, 0.6) is 0 Å². The van der Waals surface area contributed by atoms with E-state index in [1.54, 1.807) is 33.6 Å². The third kappa shape index (κ3) is 3.42. The van der Waals surface area contributed by atoms with Crippen molar-refractivity contribution in [3.8, 4) is 0 Å². The van der Waals surface area contributed by atoms with E-state index in [1.807, 2.05) is 18.2 Å². The standard InChI is InChI=1S/C22H21N3OS2/c26-22-20-17-9-5-2-6-10-18(17)28-21(20)23-14-25(22)12-16-13-27-19(24-16)11-15-7-3-1-4-8-15/h1,3-4,7-8,13-14H,2,5-6,9-12H2. The average molecular weight is 408 g/mol. The first-order valence-corrected chi connectivity index (χ1v) is 11.4. The molecule has 0 spiro atoms. The monoisotopic (exact) mass is 407 g/mol. The molecule has 3 heterocycles. The van der Waals surface area contributed by atoms with Crippen molar-refractivity contribution in [2.24, 2.45) is 0 Å². The van der Waals surface area contributed by atoms with Crippen LogP contribution in [0.25, 0.3) is 10.2 Å². The van der Waals surface area contributed by atoms with Crippen LogP contribution >= 0.6 is 22.7 Å². The van der Waals surface area contributed by atoms with Gasteiger partial charge >= 0.3 is 0 Å². The summed E-state index contributed by atoms with van der Waals surface area (Å²) in [6, 6.07) is 10.4. The van der Waals surface area contributed by atoms with Gasteiger partial charge in [-0.05, 0) is 36.8 Å². The Hall–Kier alpha value is -2.31. The van der Waals surface area contributed by atoms with Crippen molar-refractivity contribution >= 4 is 32.9 Å². The molecular weight excluding hydrogens is 386 g/mol. The van der Waals surface area contributed by atoms with Crippen LogP contribution in [0.2, 0.25) is 0 Å². The molecule has 0 saturated carbocycles. The number of hydrogen-bond acceptors (Lipinski definition) is 5. The number of thiazole rings is 1. The Labute approximate surface area is 171 Å². The van der Waals surface area contributed by atoms with Gasteiger partial charge in [0.15, 0.2) is 0 Å². The lowest BCUT2D eigenvalue weighted by Crippen LogP contribution is -2.21. The summed E-state index contributed by atoms with van der Waals surface area (Å²) >= 11 is 3.37. The minimum atomic E-state index is 0.0852. The fraction of sp³-hybridized carbons (Fsp3) is 0.318. The number of aromatic nitrogens is 3. The van der Waals surface area contributed by atoms with E-state index in [2.05, 4.69) is 22.5 Å². The number of aryl methyl sites for hydroxylation is 2. The predicted octanol–water partition coefficient (Wildman–Crippen LogP) is 4.82. The Bertz CT molecular complexity index is 1170. The van der Waals surface area contributed by atoms with Crippen LogP contribution in [0, 0.1) is 0 Å². The second kappa shape index (κ2) is 7.60. The van der Waals surface area contributed by atoms with Crippen molar-refractivity contribution < 1.29 is 0 Å². The van der Waals surface area contributed by atoms with E-state index >= 15 is 0 Å². The largest absolute Gasteiger partial charge is 0.293 e. The van der Waals surface area contributed by atoms with Gasteiger partial charge in [-0.3, -0.25) is 9.36 Å². The lowest BCUT2D eigenvalue weighted by atomic mass is 10.1. The molecule has 0 atom stereocenters. The normalized spacial score (nSPS) is 14.1. The maximum Gasteiger partial charge on any atom is 0.262 e. The first-order chi connectivity index (χ1) is 13.8. The van der Waals surface area contributed by atoms with E-state index < -0.39 is 0 Å². The van der Waals surface area contributed by atoms with Crippen molar-refractivity contribution in [1.29, 1.82) is 0 Å². The molecule has 1 aromatic carbocycles. The van der Waals surface area contributed by atoms with Crippen molar-refractivity contribution in [1.82, 2.24) is 14.5 Å². The Morgan fingerprint density at radius 3 is 2.82 bits per heavy atom. The zero-order chi connectivity index (χ0) is 18.9. The van der Waals surface area contributed by atoms with Crippen molar-refractivity contribution in [3.63, 3.8) is 0 Å². The summed E-state index contributed by atoms with van der Waals surface area (Å²) in [5, 5.41) is 3.99. The molecule has 0 aliphatic heterocycles. The first-order valence-electron chi connectivity index (χ1n) is 9.75. The van der Waals surface area contributed by atoms with Gasteiger partial charge in [0.25, 0.3) is 5.56 Å². The minimum Gasteiger partial charge on any atom is -0.293 e. The molecule has 0 fully saturated rings. The zero-order valence-electron chi connectivity index (χ0n) is 15.6. The van der Waals surface area contributed by atoms with Crippen LogP contribution in [-0.2, 0) is 25.8 Å². The Balaban J connectivity index is 1.43. The molecule has 142 valence electrons. The highest BCUT2D eigenvalue weighted by Gasteiger charge is 2.19. The number of thiophene rings is 1. The second-order valence-corrected chi connectivity index (χ2v) is 9.34. The smallest absolute Gasteiger partial charge is 0.262 e. The second-order valence-electron chi connectivity index (χ2n) is 7.32. The topological polar surface area (TPSA) is 47.8 Å². The molecular formula is C22H21N3OS2. The van der Waals surface area contributed by atoms with Crippen molar-refractivity contribution in [3.05, 3.63) is 79.1 Å². The number of benzene rings is 1. The van der Waals surface area contributed by atoms with Gasteiger partial charge in [0, 0.05) is 16.7 Å². The van der Waals surface area contributed by atoms with Gasteiger partial charge in [-0.2, -0.15) is 0 Å². The summed E-state index contributed by atoms with van der Waals surface area (Å²) in [7, 11) is 0. The highest BCUT2D eigenvalue weighted by atomic mass is 32.1. The molecule has 3 aromatic heterocycles. The maximum absolute atomic E-state index is 13.2. The zero-order valence-corrected chi connectivity index (χ0v) is 17.2. The maximum atomic E-state index is 13.2. The molecule has 28 heavy (non-hydrogen) atoms. The molecule has 0 saturated heterocycles. The van der Waals surface area contributed by atoms with Gasteiger partial charge in [0.2, 0.25) is 0 Å². The summed E-state index contributed by atoms with van der Waals surface area (Å²) in [6.45, 7) is 0.484. The van der Waals surface area contributed by atoms with E-state index in [0.29, 0.717) is 6.54 Å². The van der Waals surface area contributed by atoms with Crippen LogP contribution in [0.1, 0.15) is 46.0 Å². The van der Waals surface area contributed by atoms with Crippen LogP contribution in [0.3, 0.4) is 0 Å². The highest BCUT2D eigenvalue weighted by Crippen LogP contribution is 2.32. The molecule has 4 nitrogen and oxygen atoms in total. The van der Waals surface area contributed by atoms with Gasteiger partial charge in [-0.25, -0.2) is 9.97 Å². The number of rotatable bonds is 4. The summed E-state index contributed by atoms with van der Waals surface area (Å²) in [5.74, 6) is 0. The molecule has 6 heteroatoms. The Kier molecular flexibility index (Phi) is 4.82. The van der Waals surface area contributed by atoms with Crippen molar-refractivity contribution in [2.45, 2.75) is 45.1 Å². The number of hydrogen-bond donors (Lipinski definition) is 0. The van der Waals surface area contributed by atoms with Gasteiger partial charge in [-0.15, -0.1) is 22.7 Å². The van der Waals surface area contributed by atoms with Crippen molar-refractivity contribution in [2.75, 3.05) is 0 Å². The quantitative estimate of drug-likeness (QED) is 0.456. The molecule has 4 aromatic rings. The predicted molar refractivity (Wildman–Crippen MR) is 116 cm³/mol. The molecule has 0 bridgehead atoms. The lowest BCUT2D eigenvalue weighted by Gasteiger charge is -2.04. The van der Waals surface area contributed by atoms with E-state index in [0.717, 1.165) is 40.2 Å². The number of nitrogens with zero attached hydrogens (tertiary/aromatic N) is 3. The van der Waals surface area contributed by atoms with Crippen LogP contribution < -0.4 is 5.56 Å². The van der Waals surface area contributed by atoms with Crippen LogP contribution in [0.15, 0.2) is 46.8 Å². The average Bonchev–Trinajstić information content (AvgIpc) is 3.22. The fourth-order valence-corrected chi connectivity index (χ4v) is 5.96. The molecule has 1 aliphatic carbocycles. The summed E-state index contributed by atoms with van der Waals surface area (Å²) < 4.78 is 1.72. The minimum absolute atomic E-state index is 0.0852. The fourth-order valence-electron chi connectivity index (χ4n) is 3.92. The lowest BCUT2D eigenvalue weighted by molar-refractivity contribution is 0.711. The van der Waals surface area contributed by atoms with Gasteiger partial charge in [-0.1, -0.05) is 36.8 Å².